The standard InChI is InChI=1S/C27H26ClNO3/c1-17(2)20-9-8-18(3)21(14-20)16-29-24-7-5-4-6-23(24)27(32,26(29)31)15-25(30)19-10-12-22(28)13-11-19/h4-14,17,32H,15-16H2,1-3H3/t27-/m1/s1. The summed E-state index contributed by atoms with van der Waals surface area (Å²) in [5, 5.41) is 12.0. The highest BCUT2D eigenvalue weighted by Crippen LogP contribution is 2.43. The molecule has 0 aromatic heterocycles. The minimum atomic E-state index is -1.91. The Hall–Kier alpha value is -2.95. The van der Waals surface area contributed by atoms with E-state index in [4.69, 9.17) is 11.6 Å². The van der Waals surface area contributed by atoms with Crippen LogP contribution in [0.4, 0.5) is 5.69 Å². The molecule has 4 rings (SSSR count). The van der Waals surface area contributed by atoms with Crippen LogP contribution in [0.1, 0.15) is 58.8 Å². The van der Waals surface area contributed by atoms with Crippen LogP contribution in [0.25, 0.3) is 0 Å². The summed E-state index contributed by atoms with van der Waals surface area (Å²) in [6.07, 6.45) is -0.327. The Kier molecular flexibility index (Phi) is 5.93. The van der Waals surface area contributed by atoms with Gasteiger partial charge in [0.2, 0.25) is 0 Å². The van der Waals surface area contributed by atoms with Crippen LogP contribution in [0, 0.1) is 6.92 Å². The van der Waals surface area contributed by atoms with E-state index in [0.717, 1.165) is 11.1 Å². The maximum atomic E-state index is 13.5. The molecule has 0 radical (unpaired) electrons. The summed E-state index contributed by atoms with van der Waals surface area (Å²) in [6, 6.07) is 19.9. The van der Waals surface area contributed by atoms with Crippen molar-refractivity contribution >= 4 is 29.0 Å². The maximum absolute atomic E-state index is 13.5. The van der Waals surface area contributed by atoms with E-state index >= 15 is 0 Å². The van der Waals surface area contributed by atoms with E-state index in [1.165, 1.54) is 5.56 Å². The second kappa shape index (κ2) is 8.53. The molecule has 0 fully saturated rings. The van der Waals surface area contributed by atoms with Gasteiger partial charge in [0.25, 0.3) is 5.91 Å². The predicted octanol–water partition coefficient (Wildman–Crippen LogP) is 5.78. The van der Waals surface area contributed by atoms with Crippen molar-refractivity contribution in [2.45, 2.75) is 45.3 Å². The third-order valence-electron chi connectivity index (χ3n) is 6.19. The van der Waals surface area contributed by atoms with Crippen LogP contribution in [0.3, 0.4) is 0 Å². The Morgan fingerprint density at radius 3 is 2.44 bits per heavy atom. The number of anilines is 1. The number of fused-ring (bicyclic) bond motifs is 1. The molecule has 3 aromatic rings. The van der Waals surface area contributed by atoms with Gasteiger partial charge in [0, 0.05) is 16.1 Å². The number of ketones is 1. The molecule has 1 aliphatic heterocycles. The fourth-order valence-electron chi connectivity index (χ4n) is 4.20. The summed E-state index contributed by atoms with van der Waals surface area (Å²) >= 11 is 5.92. The molecule has 1 atom stereocenters. The zero-order valence-electron chi connectivity index (χ0n) is 18.4. The molecule has 0 spiro atoms. The number of hydrogen-bond donors (Lipinski definition) is 1. The van der Waals surface area contributed by atoms with E-state index in [2.05, 4.69) is 32.0 Å². The van der Waals surface area contributed by atoms with Gasteiger partial charge >= 0.3 is 0 Å². The predicted molar refractivity (Wildman–Crippen MR) is 127 cm³/mol. The number of carbonyl (C=O) groups excluding carboxylic acids is 2. The lowest BCUT2D eigenvalue weighted by atomic mass is 9.88. The van der Waals surface area contributed by atoms with Crippen LogP contribution in [-0.2, 0) is 16.9 Å². The first-order valence-electron chi connectivity index (χ1n) is 10.7. The quantitative estimate of drug-likeness (QED) is 0.487. The average molecular weight is 448 g/mol. The highest BCUT2D eigenvalue weighted by molar-refractivity contribution is 6.30. The molecule has 0 bridgehead atoms. The summed E-state index contributed by atoms with van der Waals surface area (Å²) in [6.45, 7) is 6.61. The molecular weight excluding hydrogens is 422 g/mol. The fraction of sp³-hybridized carbons (Fsp3) is 0.259. The van der Waals surface area contributed by atoms with Gasteiger partial charge in [-0.2, -0.15) is 0 Å². The van der Waals surface area contributed by atoms with Gasteiger partial charge in [-0.1, -0.05) is 61.8 Å². The number of Topliss-reactive ketones (excluding diaryl/α,β-unsaturated/α-hetero) is 1. The number of nitrogens with zero attached hydrogens (tertiary/aromatic N) is 1. The molecule has 164 valence electrons. The van der Waals surface area contributed by atoms with Gasteiger partial charge < -0.3 is 10.0 Å². The molecule has 4 nitrogen and oxygen atoms in total. The molecular formula is C27H26ClNO3. The van der Waals surface area contributed by atoms with E-state index < -0.39 is 11.5 Å². The summed E-state index contributed by atoms with van der Waals surface area (Å²) in [7, 11) is 0. The highest BCUT2D eigenvalue weighted by Gasteiger charge is 2.50. The van der Waals surface area contributed by atoms with Gasteiger partial charge in [-0.25, -0.2) is 0 Å². The molecule has 1 amide bonds. The largest absolute Gasteiger partial charge is 0.375 e. The van der Waals surface area contributed by atoms with Crippen LogP contribution in [-0.4, -0.2) is 16.8 Å². The second-order valence-electron chi connectivity index (χ2n) is 8.72. The Morgan fingerprint density at radius 1 is 1.06 bits per heavy atom. The third-order valence-corrected chi connectivity index (χ3v) is 6.44. The molecule has 0 saturated heterocycles. The summed E-state index contributed by atoms with van der Waals surface area (Å²) in [4.78, 5) is 28.1. The number of rotatable bonds is 6. The van der Waals surface area contributed by atoms with Crippen molar-refractivity contribution in [3.63, 3.8) is 0 Å². The van der Waals surface area contributed by atoms with Crippen molar-refractivity contribution in [1.82, 2.24) is 0 Å². The van der Waals surface area contributed by atoms with Gasteiger partial charge in [-0.05, 0) is 59.9 Å². The lowest BCUT2D eigenvalue weighted by Gasteiger charge is -2.24. The number of hydrogen-bond acceptors (Lipinski definition) is 3. The first-order chi connectivity index (χ1) is 15.2. The van der Waals surface area contributed by atoms with Crippen molar-refractivity contribution < 1.29 is 14.7 Å². The first kappa shape index (κ1) is 22.3. The number of benzene rings is 3. The van der Waals surface area contributed by atoms with E-state index in [9.17, 15) is 14.7 Å². The fourth-order valence-corrected chi connectivity index (χ4v) is 4.32. The minimum absolute atomic E-state index is 0.313. The molecule has 1 aliphatic rings. The molecule has 1 heterocycles. The molecule has 0 saturated carbocycles. The molecule has 1 N–H and O–H groups in total. The highest BCUT2D eigenvalue weighted by atomic mass is 35.5. The Bertz CT molecular complexity index is 1190. The lowest BCUT2D eigenvalue weighted by Crippen LogP contribution is -2.41. The smallest absolute Gasteiger partial charge is 0.264 e. The number of carbonyl (C=O) groups is 2. The van der Waals surface area contributed by atoms with Gasteiger partial charge in [-0.15, -0.1) is 0 Å². The maximum Gasteiger partial charge on any atom is 0.264 e. The van der Waals surface area contributed by atoms with E-state index in [1.807, 2.05) is 19.1 Å². The first-order valence-corrected chi connectivity index (χ1v) is 11.1. The lowest BCUT2D eigenvalue weighted by molar-refractivity contribution is -0.136. The summed E-state index contributed by atoms with van der Waals surface area (Å²) in [5.74, 6) is -0.424. The average Bonchev–Trinajstić information content (AvgIpc) is 2.97. The monoisotopic (exact) mass is 447 g/mol. The number of para-hydroxylation sites is 1. The Morgan fingerprint density at radius 2 is 1.75 bits per heavy atom. The number of aryl methyl sites for hydroxylation is 1. The summed E-state index contributed by atoms with van der Waals surface area (Å²) in [5.41, 5.74) is 2.89. The van der Waals surface area contributed by atoms with Crippen molar-refractivity contribution in [3.05, 3.63) is 99.6 Å². The summed E-state index contributed by atoms with van der Waals surface area (Å²) < 4.78 is 0. The molecule has 0 unspecified atom stereocenters. The Balaban J connectivity index is 1.69. The second-order valence-corrected chi connectivity index (χ2v) is 9.15. The minimum Gasteiger partial charge on any atom is -0.375 e. The zero-order chi connectivity index (χ0) is 23.0. The molecule has 0 aliphatic carbocycles. The van der Waals surface area contributed by atoms with Crippen molar-refractivity contribution in [3.8, 4) is 0 Å². The number of amides is 1. The topological polar surface area (TPSA) is 57.6 Å². The van der Waals surface area contributed by atoms with Crippen LogP contribution in [0.2, 0.25) is 5.02 Å². The van der Waals surface area contributed by atoms with Crippen molar-refractivity contribution in [2.24, 2.45) is 0 Å². The van der Waals surface area contributed by atoms with E-state index in [0.29, 0.717) is 34.3 Å². The number of halogens is 1. The van der Waals surface area contributed by atoms with Crippen molar-refractivity contribution in [2.75, 3.05) is 4.90 Å². The van der Waals surface area contributed by atoms with E-state index in [-0.39, 0.29) is 12.2 Å². The van der Waals surface area contributed by atoms with Gasteiger partial charge in [-0.3, -0.25) is 9.59 Å². The molecule has 3 aromatic carbocycles. The molecule has 32 heavy (non-hydrogen) atoms. The van der Waals surface area contributed by atoms with E-state index in [1.54, 1.807) is 41.3 Å². The van der Waals surface area contributed by atoms with Gasteiger partial charge in [0.15, 0.2) is 11.4 Å². The number of aliphatic hydroxyl groups is 1. The van der Waals surface area contributed by atoms with Crippen LogP contribution < -0.4 is 4.90 Å². The zero-order valence-corrected chi connectivity index (χ0v) is 19.2. The van der Waals surface area contributed by atoms with Crippen LogP contribution in [0.15, 0.2) is 66.7 Å². The van der Waals surface area contributed by atoms with Gasteiger partial charge in [0.1, 0.15) is 0 Å². The Labute approximate surface area is 193 Å². The normalized spacial score (nSPS) is 17.7. The molecule has 5 heteroatoms. The van der Waals surface area contributed by atoms with Crippen molar-refractivity contribution in [1.29, 1.82) is 0 Å². The third kappa shape index (κ3) is 3.96. The van der Waals surface area contributed by atoms with Crippen LogP contribution >= 0.6 is 11.6 Å². The SMILES string of the molecule is Cc1ccc(C(C)C)cc1CN1C(=O)[C@@](O)(CC(=O)c2ccc(Cl)cc2)c2ccccc21. The van der Waals surface area contributed by atoms with Gasteiger partial charge in [0.05, 0.1) is 18.7 Å². The van der Waals surface area contributed by atoms with Crippen LogP contribution in [0.5, 0.6) is 0 Å².